The molecule has 17 heavy (non-hydrogen) atoms. The molecule has 4 rings (SSSR count). The highest BCUT2D eigenvalue weighted by Crippen LogP contribution is 2.59. The number of carbonyl (C=O) groups is 1. The zero-order valence-electron chi connectivity index (χ0n) is 9.48. The third kappa shape index (κ3) is 1.60. The quantitative estimate of drug-likeness (QED) is 0.429. The molecule has 0 saturated heterocycles. The van der Waals surface area contributed by atoms with Crippen molar-refractivity contribution in [3.8, 4) is 0 Å². The molecule has 1 fully saturated rings. The molecule has 0 unspecified atom stereocenters. The fourth-order valence-corrected chi connectivity index (χ4v) is 5.42. The second-order valence-electron chi connectivity index (χ2n) is 4.87. The number of alkyl halides is 2. The highest BCUT2D eigenvalue weighted by molar-refractivity contribution is 9.12. The lowest BCUT2D eigenvalue weighted by molar-refractivity contribution is -0.139. The minimum absolute atomic E-state index is 0.136. The second-order valence-corrected chi connectivity index (χ2v) is 6.99. The van der Waals surface area contributed by atoms with Gasteiger partial charge in [0.15, 0.2) is 0 Å². The first kappa shape index (κ1) is 12.0. The lowest BCUT2D eigenvalue weighted by Crippen LogP contribution is -2.58. The van der Waals surface area contributed by atoms with Crippen LogP contribution in [0.3, 0.4) is 0 Å². The summed E-state index contributed by atoms with van der Waals surface area (Å²) in [6.45, 7) is 2.30. The van der Waals surface area contributed by atoms with Crippen LogP contribution in [0.4, 0.5) is 0 Å². The van der Waals surface area contributed by atoms with Crippen molar-refractivity contribution in [1.82, 2.24) is 0 Å². The van der Waals surface area contributed by atoms with Gasteiger partial charge in [0.2, 0.25) is 0 Å². The Bertz CT molecular complexity index is 416. The maximum atomic E-state index is 11.9. The summed E-state index contributed by atoms with van der Waals surface area (Å²) in [7, 11) is 0. The van der Waals surface area contributed by atoms with Gasteiger partial charge in [0.1, 0.15) is 0 Å². The highest BCUT2D eigenvalue weighted by Gasteiger charge is 2.58. The number of allylic oxidation sites excluding steroid dienone is 3. The van der Waals surface area contributed by atoms with Crippen LogP contribution in [0.15, 0.2) is 23.8 Å². The van der Waals surface area contributed by atoms with Crippen LogP contribution in [-0.4, -0.2) is 22.2 Å². The molecular formula is C13H14Br2O2. The molecule has 6 atom stereocenters. The fraction of sp³-hybridized carbons (Fsp3) is 0.615. The van der Waals surface area contributed by atoms with Crippen LogP contribution < -0.4 is 0 Å². The van der Waals surface area contributed by atoms with Gasteiger partial charge in [0.25, 0.3) is 0 Å². The Morgan fingerprint density at radius 2 is 2.00 bits per heavy atom. The van der Waals surface area contributed by atoms with E-state index < -0.39 is 0 Å². The second kappa shape index (κ2) is 4.23. The molecule has 2 nitrogen and oxygen atoms in total. The van der Waals surface area contributed by atoms with E-state index in [0.29, 0.717) is 34.0 Å². The summed E-state index contributed by atoms with van der Waals surface area (Å²) in [5, 5.41) is 0. The smallest absolute Gasteiger partial charge is 0.334 e. The maximum absolute atomic E-state index is 11.9. The van der Waals surface area contributed by atoms with Gasteiger partial charge in [-0.2, -0.15) is 0 Å². The van der Waals surface area contributed by atoms with Gasteiger partial charge in [0.05, 0.1) is 6.61 Å². The van der Waals surface area contributed by atoms with Gasteiger partial charge in [-0.15, -0.1) is 0 Å². The number of hydrogen-bond donors (Lipinski definition) is 0. The van der Waals surface area contributed by atoms with Gasteiger partial charge in [-0.05, 0) is 24.7 Å². The van der Waals surface area contributed by atoms with Crippen molar-refractivity contribution >= 4 is 37.8 Å². The predicted molar refractivity (Wildman–Crippen MR) is 73.2 cm³/mol. The van der Waals surface area contributed by atoms with Crippen molar-refractivity contribution < 1.29 is 9.53 Å². The number of ether oxygens (including phenoxy) is 1. The zero-order valence-corrected chi connectivity index (χ0v) is 12.6. The van der Waals surface area contributed by atoms with E-state index in [2.05, 4.69) is 50.1 Å². The number of halogens is 2. The van der Waals surface area contributed by atoms with E-state index in [1.807, 2.05) is 6.92 Å². The van der Waals surface area contributed by atoms with Crippen LogP contribution in [0.5, 0.6) is 0 Å². The summed E-state index contributed by atoms with van der Waals surface area (Å²) in [5.74, 6) is 1.67. The fourth-order valence-electron chi connectivity index (χ4n) is 3.33. The van der Waals surface area contributed by atoms with Crippen molar-refractivity contribution in [2.45, 2.75) is 16.6 Å². The van der Waals surface area contributed by atoms with Crippen LogP contribution in [0.2, 0.25) is 0 Å². The molecule has 0 spiro atoms. The average Bonchev–Trinajstić information content (AvgIpc) is 2.37. The molecule has 4 aliphatic carbocycles. The summed E-state index contributed by atoms with van der Waals surface area (Å²) in [4.78, 5) is 12.9. The van der Waals surface area contributed by atoms with Crippen LogP contribution in [-0.2, 0) is 9.53 Å². The van der Waals surface area contributed by atoms with Gasteiger partial charge < -0.3 is 4.74 Å². The predicted octanol–water partition coefficient (Wildman–Crippen LogP) is 3.06. The number of esters is 1. The summed E-state index contributed by atoms with van der Waals surface area (Å²) in [6.07, 6.45) is 6.53. The van der Waals surface area contributed by atoms with Crippen molar-refractivity contribution in [2.24, 2.45) is 23.7 Å². The number of rotatable bonds is 2. The van der Waals surface area contributed by atoms with Crippen LogP contribution in [0, 0.1) is 23.7 Å². The van der Waals surface area contributed by atoms with Crippen molar-refractivity contribution in [3.63, 3.8) is 0 Å². The first-order valence-corrected chi connectivity index (χ1v) is 7.83. The third-order valence-electron chi connectivity index (χ3n) is 4.13. The molecule has 0 aromatic carbocycles. The molecule has 0 amide bonds. The van der Waals surface area contributed by atoms with Crippen LogP contribution in [0.1, 0.15) is 6.92 Å². The third-order valence-corrected chi connectivity index (χ3v) is 7.20. The van der Waals surface area contributed by atoms with Crippen molar-refractivity contribution in [1.29, 1.82) is 0 Å². The van der Waals surface area contributed by atoms with Gasteiger partial charge >= 0.3 is 5.97 Å². The molecule has 92 valence electrons. The minimum Gasteiger partial charge on any atom is -0.463 e. The van der Waals surface area contributed by atoms with Gasteiger partial charge in [-0.1, -0.05) is 50.1 Å². The Morgan fingerprint density at radius 3 is 2.71 bits per heavy atom. The molecule has 0 heterocycles. The van der Waals surface area contributed by atoms with Crippen molar-refractivity contribution in [2.75, 3.05) is 6.61 Å². The summed E-state index contributed by atoms with van der Waals surface area (Å²) in [5.41, 5.74) is 0.865. The van der Waals surface area contributed by atoms with Crippen LogP contribution >= 0.6 is 31.9 Å². The Morgan fingerprint density at radius 1 is 1.29 bits per heavy atom. The van der Waals surface area contributed by atoms with Gasteiger partial charge in [-0.3, -0.25) is 0 Å². The molecule has 4 aliphatic rings. The Hall–Kier alpha value is -0.0900. The minimum atomic E-state index is -0.136. The standard InChI is InChI=1S/C13H14Br2O2/c1-2-17-13(16)8-5-6-3-4-7(8)10-9(6)11(14)12(10)15/h3-7,9-12H,2H2,1H3/t6-,7+,9-,10-,11+,12-/m1/s1. The first-order chi connectivity index (χ1) is 8.15. The molecular weight excluding hydrogens is 348 g/mol. The summed E-state index contributed by atoms with van der Waals surface area (Å²) < 4.78 is 5.14. The van der Waals surface area contributed by atoms with Crippen LogP contribution in [0.25, 0.3) is 0 Å². The zero-order chi connectivity index (χ0) is 12.2. The number of hydrogen-bond acceptors (Lipinski definition) is 2. The maximum Gasteiger partial charge on any atom is 0.334 e. The lowest BCUT2D eigenvalue weighted by atomic mass is 9.53. The average molecular weight is 362 g/mol. The van der Waals surface area contributed by atoms with E-state index >= 15 is 0 Å². The molecule has 4 heteroatoms. The Balaban J connectivity index is 1.89. The van der Waals surface area contributed by atoms with E-state index in [1.54, 1.807) is 0 Å². The Labute approximate surface area is 118 Å². The molecule has 0 aliphatic heterocycles. The molecule has 0 aromatic heterocycles. The van der Waals surface area contributed by atoms with E-state index in [0.717, 1.165) is 5.57 Å². The molecule has 2 bridgehead atoms. The highest BCUT2D eigenvalue weighted by atomic mass is 79.9. The van der Waals surface area contributed by atoms with Gasteiger partial charge in [0, 0.05) is 21.1 Å². The molecule has 0 radical (unpaired) electrons. The van der Waals surface area contributed by atoms with E-state index in [4.69, 9.17) is 4.74 Å². The summed E-state index contributed by atoms with van der Waals surface area (Å²) >= 11 is 7.46. The monoisotopic (exact) mass is 360 g/mol. The van der Waals surface area contributed by atoms with E-state index in [1.165, 1.54) is 0 Å². The SMILES string of the molecule is CCOC(=O)C1=C[C@H]2C=C[C@@H]1[C@H]1[C@@H](Br)[C@@H](Br)[C@H]21. The van der Waals surface area contributed by atoms with Crippen molar-refractivity contribution in [3.05, 3.63) is 23.8 Å². The molecule has 0 N–H and O–H groups in total. The topological polar surface area (TPSA) is 26.3 Å². The normalized spacial score (nSPS) is 45.9. The number of carbonyl (C=O) groups excluding carboxylic acids is 1. The Kier molecular flexibility index (Phi) is 2.98. The first-order valence-electron chi connectivity index (χ1n) is 6.00. The van der Waals surface area contributed by atoms with Gasteiger partial charge in [-0.25, -0.2) is 4.79 Å². The largest absolute Gasteiger partial charge is 0.463 e. The molecule has 1 saturated carbocycles. The molecule has 0 aromatic rings. The van der Waals surface area contributed by atoms with E-state index in [9.17, 15) is 4.79 Å². The van der Waals surface area contributed by atoms with E-state index in [-0.39, 0.29) is 11.9 Å². The summed E-state index contributed by atoms with van der Waals surface area (Å²) in [6, 6.07) is 0. The lowest BCUT2D eigenvalue weighted by Gasteiger charge is -2.57.